The van der Waals surface area contributed by atoms with E-state index in [1.807, 2.05) is 24.4 Å². The molecule has 0 bridgehead atoms. The topological polar surface area (TPSA) is 72.6 Å². The van der Waals surface area contributed by atoms with Gasteiger partial charge in [-0.15, -0.1) is 11.3 Å². The van der Waals surface area contributed by atoms with Crippen LogP contribution >= 0.6 is 11.3 Å². The van der Waals surface area contributed by atoms with Gasteiger partial charge < -0.3 is 10.5 Å². The van der Waals surface area contributed by atoms with Gasteiger partial charge in [0.25, 0.3) is 0 Å². The van der Waals surface area contributed by atoms with Crippen molar-refractivity contribution in [3.8, 4) is 5.75 Å². The van der Waals surface area contributed by atoms with Crippen LogP contribution in [0.25, 0.3) is 0 Å². The van der Waals surface area contributed by atoms with Gasteiger partial charge in [-0.2, -0.15) is 4.31 Å². The Labute approximate surface area is 129 Å². The zero-order chi connectivity index (χ0) is 15.5. The first-order valence-electron chi connectivity index (χ1n) is 6.45. The van der Waals surface area contributed by atoms with Gasteiger partial charge in [-0.25, -0.2) is 8.42 Å². The van der Waals surface area contributed by atoms with E-state index in [-0.39, 0.29) is 4.90 Å². The molecule has 0 saturated heterocycles. The number of ether oxygens (including phenoxy) is 1. The van der Waals surface area contributed by atoms with Crippen molar-refractivity contribution in [2.75, 3.05) is 19.4 Å². The summed E-state index contributed by atoms with van der Waals surface area (Å²) in [6.07, 6.45) is 0. The summed E-state index contributed by atoms with van der Waals surface area (Å²) in [5.41, 5.74) is 6.11. The van der Waals surface area contributed by atoms with Crippen LogP contribution in [0.5, 0.6) is 5.75 Å². The van der Waals surface area contributed by atoms with Crippen molar-refractivity contribution in [2.24, 2.45) is 0 Å². The fraction of sp³-hybridized carbons (Fsp3) is 0.286. The van der Waals surface area contributed by atoms with Crippen molar-refractivity contribution in [3.05, 3.63) is 40.6 Å². The molecule has 0 spiro atoms. The average Bonchev–Trinajstić information content (AvgIpc) is 2.97. The SMILES string of the molecule is CCN(Cc1cccs1)S(=O)(=O)c1cc(N)ccc1OC. The quantitative estimate of drug-likeness (QED) is 0.828. The Bertz CT molecular complexity index is 697. The lowest BCUT2D eigenvalue weighted by Gasteiger charge is -2.21. The van der Waals surface area contributed by atoms with Gasteiger partial charge in [0.2, 0.25) is 10.0 Å². The maximum atomic E-state index is 12.8. The summed E-state index contributed by atoms with van der Waals surface area (Å²) in [5.74, 6) is 0.300. The first kappa shape index (κ1) is 15.8. The molecule has 2 aromatic rings. The van der Waals surface area contributed by atoms with Crippen molar-refractivity contribution < 1.29 is 13.2 Å². The molecule has 0 aliphatic carbocycles. The van der Waals surface area contributed by atoms with Crippen molar-refractivity contribution in [1.82, 2.24) is 4.31 Å². The Morgan fingerprint density at radius 3 is 2.67 bits per heavy atom. The molecule has 1 aromatic heterocycles. The minimum Gasteiger partial charge on any atom is -0.495 e. The molecule has 0 saturated carbocycles. The smallest absolute Gasteiger partial charge is 0.247 e. The Balaban J connectivity index is 2.41. The zero-order valence-electron chi connectivity index (χ0n) is 11.9. The van der Waals surface area contributed by atoms with Crippen molar-refractivity contribution in [1.29, 1.82) is 0 Å². The summed E-state index contributed by atoms with van der Waals surface area (Å²) < 4.78 is 32.2. The van der Waals surface area contributed by atoms with Crippen molar-refractivity contribution >= 4 is 27.0 Å². The monoisotopic (exact) mass is 326 g/mol. The molecule has 2 rings (SSSR count). The summed E-state index contributed by atoms with van der Waals surface area (Å²) in [4.78, 5) is 1.09. The number of methoxy groups -OCH3 is 1. The molecule has 0 aliphatic heterocycles. The Morgan fingerprint density at radius 1 is 1.33 bits per heavy atom. The van der Waals surface area contributed by atoms with E-state index in [1.165, 1.54) is 28.8 Å². The van der Waals surface area contributed by atoms with Crippen LogP contribution in [0, 0.1) is 0 Å². The number of thiophene rings is 1. The van der Waals surface area contributed by atoms with Crippen LogP contribution in [0.15, 0.2) is 40.6 Å². The van der Waals surface area contributed by atoms with E-state index in [9.17, 15) is 8.42 Å². The lowest BCUT2D eigenvalue weighted by atomic mass is 10.3. The second-order valence-corrected chi connectivity index (χ2v) is 7.36. The normalized spacial score (nSPS) is 11.8. The Kier molecular flexibility index (Phi) is 4.87. The number of nitrogen functional groups attached to an aromatic ring is 1. The third-order valence-electron chi connectivity index (χ3n) is 3.07. The van der Waals surface area contributed by atoms with Crippen LogP contribution in [0.2, 0.25) is 0 Å². The van der Waals surface area contributed by atoms with Crippen molar-refractivity contribution in [2.45, 2.75) is 18.4 Å². The average molecular weight is 326 g/mol. The number of benzene rings is 1. The molecule has 0 fully saturated rings. The molecule has 2 N–H and O–H groups in total. The molecule has 0 atom stereocenters. The van der Waals surface area contributed by atoms with Gasteiger partial charge in [-0.1, -0.05) is 13.0 Å². The summed E-state index contributed by atoms with van der Waals surface area (Å²) in [6, 6.07) is 8.45. The lowest BCUT2D eigenvalue weighted by molar-refractivity contribution is 0.392. The van der Waals surface area contributed by atoms with Gasteiger partial charge in [0.05, 0.1) is 7.11 Å². The molecule has 5 nitrogen and oxygen atoms in total. The lowest BCUT2D eigenvalue weighted by Crippen LogP contribution is -2.30. The molecular formula is C14H18N2O3S2. The van der Waals surface area contributed by atoms with Crippen LogP contribution in [0.3, 0.4) is 0 Å². The number of sulfonamides is 1. The summed E-state index contributed by atoms with van der Waals surface area (Å²) >= 11 is 1.53. The first-order chi connectivity index (χ1) is 9.98. The van der Waals surface area contributed by atoms with E-state index < -0.39 is 10.0 Å². The van der Waals surface area contributed by atoms with Gasteiger partial charge in [0.1, 0.15) is 10.6 Å². The van der Waals surface area contributed by atoms with Crippen LogP contribution < -0.4 is 10.5 Å². The van der Waals surface area contributed by atoms with Crippen LogP contribution in [0.4, 0.5) is 5.69 Å². The first-order valence-corrected chi connectivity index (χ1v) is 8.77. The van der Waals surface area contributed by atoms with E-state index >= 15 is 0 Å². The molecule has 0 unspecified atom stereocenters. The molecule has 21 heavy (non-hydrogen) atoms. The summed E-state index contributed by atoms with van der Waals surface area (Å²) in [6.45, 7) is 2.52. The maximum Gasteiger partial charge on any atom is 0.247 e. The fourth-order valence-electron chi connectivity index (χ4n) is 1.98. The van der Waals surface area contributed by atoms with Crippen LogP contribution in [-0.4, -0.2) is 26.4 Å². The molecule has 0 amide bonds. The number of nitrogens with two attached hydrogens (primary N) is 1. The predicted octanol–water partition coefficient (Wildman–Crippen LogP) is 2.55. The molecule has 114 valence electrons. The van der Waals surface area contributed by atoms with E-state index in [1.54, 1.807) is 12.1 Å². The van der Waals surface area contributed by atoms with E-state index in [0.29, 0.717) is 24.5 Å². The summed E-state index contributed by atoms with van der Waals surface area (Å²) in [7, 11) is -2.21. The molecule has 0 aliphatic rings. The van der Waals surface area contributed by atoms with Gasteiger partial charge in [-0.05, 0) is 29.6 Å². The number of rotatable bonds is 6. The van der Waals surface area contributed by atoms with E-state index in [4.69, 9.17) is 10.5 Å². The molecule has 0 radical (unpaired) electrons. The third kappa shape index (κ3) is 3.37. The molecule has 1 aromatic carbocycles. The third-order valence-corrected chi connectivity index (χ3v) is 5.87. The van der Waals surface area contributed by atoms with Gasteiger partial charge in [-0.3, -0.25) is 0 Å². The van der Waals surface area contributed by atoms with E-state index in [0.717, 1.165) is 4.88 Å². The minimum atomic E-state index is -3.66. The minimum absolute atomic E-state index is 0.100. The predicted molar refractivity (Wildman–Crippen MR) is 85.0 cm³/mol. The number of nitrogens with zero attached hydrogens (tertiary/aromatic N) is 1. The highest BCUT2D eigenvalue weighted by Crippen LogP contribution is 2.29. The van der Waals surface area contributed by atoms with Gasteiger partial charge in [0.15, 0.2) is 0 Å². The molecule has 7 heteroatoms. The van der Waals surface area contributed by atoms with Gasteiger partial charge >= 0.3 is 0 Å². The second-order valence-electron chi connectivity index (χ2n) is 4.42. The number of hydrogen-bond acceptors (Lipinski definition) is 5. The highest BCUT2D eigenvalue weighted by Gasteiger charge is 2.27. The molecular weight excluding hydrogens is 308 g/mol. The number of anilines is 1. The Hall–Kier alpha value is -1.57. The van der Waals surface area contributed by atoms with E-state index in [2.05, 4.69) is 0 Å². The number of hydrogen-bond donors (Lipinski definition) is 1. The largest absolute Gasteiger partial charge is 0.495 e. The second kappa shape index (κ2) is 6.46. The zero-order valence-corrected chi connectivity index (χ0v) is 13.6. The maximum absolute atomic E-state index is 12.8. The highest BCUT2D eigenvalue weighted by molar-refractivity contribution is 7.89. The standard InChI is InChI=1S/C14H18N2O3S2/c1-3-16(10-12-5-4-8-20-12)21(17,18)14-9-11(15)6-7-13(14)19-2/h4-9H,3,10,15H2,1-2H3. The van der Waals surface area contributed by atoms with Crippen molar-refractivity contribution in [3.63, 3.8) is 0 Å². The van der Waals surface area contributed by atoms with Crippen LogP contribution in [0.1, 0.15) is 11.8 Å². The van der Waals surface area contributed by atoms with Gasteiger partial charge in [0, 0.05) is 23.7 Å². The fourth-order valence-corrected chi connectivity index (χ4v) is 4.40. The highest BCUT2D eigenvalue weighted by atomic mass is 32.2. The van der Waals surface area contributed by atoms with Crippen LogP contribution in [-0.2, 0) is 16.6 Å². The Morgan fingerprint density at radius 2 is 2.10 bits per heavy atom. The summed E-state index contributed by atoms with van der Waals surface area (Å²) in [5, 5.41) is 1.93. The molecule has 1 heterocycles.